The highest BCUT2D eigenvalue weighted by atomic mass is 127. The summed E-state index contributed by atoms with van der Waals surface area (Å²) in [6.07, 6.45) is 4.92. The first kappa shape index (κ1) is 23.7. The van der Waals surface area contributed by atoms with Crippen molar-refractivity contribution >= 4 is 40.8 Å². The van der Waals surface area contributed by atoms with Gasteiger partial charge in [-0.3, -0.25) is 4.99 Å². The molecular weight excluding hydrogens is 531 g/mol. The van der Waals surface area contributed by atoms with E-state index in [1.807, 2.05) is 13.1 Å². The summed E-state index contributed by atoms with van der Waals surface area (Å²) in [6, 6.07) is 14.7. The SMILES string of the molecule is CN=C(NCCc1c[nH]c2ccccc12)NCC1(c2ccc3c(c2)OCO3)CCOCC1.I. The zero-order valence-corrected chi connectivity index (χ0v) is 21.2. The van der Waals surface area contributed by atoms with Gasteiger partial charge in [-0.1, -0.05) is 24.3 Å². The van der Waals surface area contributed by atoms with Gasteiger partial charge in [-0.05, 0) is 48.6 Å². The molecule has 1 saturated heterocycles. The van der Waals surface area contributed by atoms with E-state index in [0.717, 1.165) is 63.0 Å². The van der Waals surface area contributed by atoms with Crippen molar-refractivity contribution in [2.75, 3.05) is 40.1 Å². The molecule has 0 amide bonds. The van der Waals surface area contributed by atoms with Gasteiger partial charge in [0, 0.05) is 55.9 Å². The summed E-state index contributed by atoms with van der Waals surface area (Å²) in [5.41, 5.74) is 3.71. The van der Waals surface area contributed by atoms with Crippen molar-refractivity contribution in [2.24, 2.45) is 4.99 Å². The molecule has 1 aromatic heterocycles. The van der Waals surface area contributed by atoms with Gasteiger partial charge in [0.15, 0.2) is 17.5 Å². The number of hydrogen-bond acceptors (Lipinski definition) is 4. The monoisotopic (exact) mass is 562 g/mol. The van der Waals surface area contributed by atoms with Crippen molar-refractivity contribution in [3.05, 3.63) is 59.8 Å². The number of hydrogen-bond donors (Lipinski definition) is 3. The molecule has 0 spiro atoms. The van der Waals surface area contributed by atoms with E-state index in [0.29, 0.717) is 6.79 Å². The minimum absolute atomic E-state index is 0. The highest BCUT2D eigenvalue weighted by Crippen LogP contribution is 2.40. The fraction of sp³-hybridized carbons (Fsp3) is 0.400. The first-order valence-electron chi connectivity index (χ1n) is 11.2. The molecule has 5 rings (SSSR count). The second kappa shape index (κ2) is 10.6. The summed E-state index contributed by atoms with van der Waals surface area (Å²) in [4.78, 5) is 7.79. The fourth-order valence-electron chi connectivity index (χ4n) is 4.68. The second-order valence-corrected chi connectivity index (χ2v) is 8.42. The quantitative estimate of drug-likeness (QED) is 0.241. The Kier molecular flexibility index (Phi) is 7.64. The van der Waals surface area contributed by atoms with Crippen molar-refractivity contribution in [1.29, 1.82) is 0 Å². The summed E-state index contributed by atoms with van der Waals surface area (Å²) in [7, 11) is 1.82. The number of fused-ring (bicyclic) bond motifs is 2. The lowest BCUT2D eigenvalue weighted by Gasteiger charge is -2.38. The van der Waals surface area contributed by atoms with Gasteiger partial charge in [0.25, 0.3) is 0 Å². The van der Waals surface area contributed by atoms with Crippen molar-refractivity contribution in [2.45, 2.75) is 24.7 Å². The first-order valence-corrected chi connectivity index (χ1v) is 11.2. The van der Waals surface area contributed by atoms with Crippen LogP contribution in [0.25, 0.3) is 10.9 Å². The van der Waals surface area contributed by atoms with E-state index in [9.17, 15) is 0 Å². The molecule has 0 atom stereocenters. The zero-order valence-electron chi connectivity index (χ0n) is 18.9. The molecule has 33 heavy (non-hydrogen) atoms. The Morgan fingerprint density at radius 1 is 1.06 bits per heavy atom. The van der Waals surface area contributed by atoms with Crippen LogP contribution in [0.4, 0.5) is 0 Å². The molecule has 0 aliphatic carbocycles. The highest BCUT2D eigenvalue weighted by Gasteiger charge is 2.35. The van der Waals surface area contributed by atoms with Crippen LogP contribution in [-0.2, 0) is 16.6 Å². The van der Waals surface area contributed by atoms with Gasteiger partial charge in [-0.15, -0.1) is 24.0 Å². The zero-order chi connectivity index (χ0) is 21.8. The van der Waals surface area contributed by atoms with E-state index in [1.165, 1.54) is 22.0 Å². The minimum atomic E-state index is -0.0340. The third kappa shape index (κ3) is 5.06. The van der Waals surface area contributed by atoms with Crippen LogP contribution in [0.15, 0.2) is 53.7 Å². The average molecular weight is 562 g/mol. The Morgan fingerprint density at radius 2 is 1.88 bits per heavy atom. The molecule has 3 aromatic rings. The molecule has 7 nitrogen and oxygen atoms in total. The van der Waals surface area contributed by atoms with E-state index in [1.54, 1.807) is 0 Å². The van der Waals surface area contributed by atoms with Crippen molar-refractivity contribution in [3.63, 3.8) is 0 Å². The molecule has 2 aromatic carbocycles. The van der Waals surface area contributed by atoms with E-state index in [2.05, 4.69) is 63.2 Å². The molecule has 0 saturated carbocycles. The van der Waals surface area contributed by atoms with Crippen molar-refractivity contribution in [3.8, 4) is 11.5 Å². The molecule has 3 heterocycles. The number of aromatic nitrogens is 1. The highest BCUT2D eigenvalue weighted by molar-refractivity contribution is 14.0. The molecule has 8 heteroatoms. The minimum Gasteiger partial charge on any atom is -0.454 e. The molecule has 1 fully saturated rings. The fourth-order valence-corrected chi connectivity index (χ4v) is 4.68. The molecule has 2 aliphatic heterocycles. The number of ether oxygens (including phenoxy) is 3. The van der Waals surface area contributed by atoms with Crippen LogP contribution in [0, 0.1) is 0 Å². The lowest BCUT2D eigenvalue weighted by Crippen LogP contribution is -2.48. The van der Waals surface area contributed by atoms with Gasteiger partial charge in [-0.2, -0.15) is 0 Å². The summed E-state index contributed by atoms with van der Waals surface area (Å²) >= 11 is 0. The predicted octanol–water partition coefficient (Wildman–Crippen LogP) is 3.97. The van der Waals surface area contributed by atoms with Crippen LogP contribution in [0.1, 0.15) is 24.0 Å². The Morgan fingerprint density at radius 3 is 2.73 bits per heavy atom. The van der Waals surface area contributed by atoms with E-state index in [-0.39, 0.29) is 29.4 Å². The van der Waals surface area contributed by atoms with Crippen LogP contribution in [0.2, 0.25) is 0 Å². The molecule has 176 valence electrons. The maximum absolute atomic E-state index is 5.68. The van der Waals surface area contributed by atoms with Crippen LogP contribution in [-0.4, -0.2) is 51.1 Å². The van der Waals surface area contributed by atoms with Crippen molar-refractivity contribution < 1.29 is 14.2 Å². The number of benzene rings is 2. The molecular formula is C25H31IN4O3. The van der Waals surface area contributed by atoms with Gasteiger partial charge in [0.1, 0.15) is 0 Å². The summed E-state index contributed by atoms with van der Waals surface area (Å²) < 4.78 is 16.8. The number of H-pyrrole nitrogens is 1. The number of halogens is 1. The Labute approximate surface area is 211 Å². The maximum Gasteiger partial charge on any atom is 0.231 e. The lowest BCUT2D eigenvalue weighted by molar-refractivity contribution is 0.0513. The van der Waals surface area contributed by atoms with Gasteiger partial charge in [0.2, 0.25) is 6.79 Å². The molecule has 0 radical (unpaired) electrons. The van der Waals surface area contributed by atoms with E-state index in [4.69, 9.17) is 14.2 Å². The van der Waals surface area contributed by atoms with Gasteiger partial charge >= 0.3 is 0 Å². The number of guanidine groups is 1. The molecule has 0 bridgehead atoms. The Balaban J connectivity index is 0.00000259. The Bertz CT molecular complexity index is 1110. The first-order chi connectivity index (χ1) is 15.8. The average Bonchev–Trinajstić information content (AvgIpc) is 3.48. The van der Waals surface area contributed by atoms with Crippen molar-refractivity contribution in [1.82, 2.24) is 15.6 Å². The van der Waals surface area contributed by atoms with Crippen LogP contribution in [0.3, 0.4) is 0 Å². The predicted molar refractivity (Wildman–Crippen MR) is 141 cm³/mol. The summed E-state index contributed by atoms with van der Waals surface area (Å²) in [6.45, 7) is 3.38. The van der Waals surface area contributed by atoms with E-state index < -0.39 is 0 Å². The van der Waals surface area contributed by atoms with Crippen LogP contribution < -0.4 is 20.1 Å². The number of aliphatic imine (C=N–C) groups is 1. The van der Waals surface area contributed by atoms with Gasteiger partial charge in [-0.25, -0.2) is 0 Å². The van der Waals surface area contributed by atoms with E-state index >= 15 is 0 Å². The number of rotatable bonds is 6. The maximum atomic E-state index is 5.68. The lowest BCUT2D eigenvalue weighted by atomic mass is 9.74. The van der Waals surface area contributed by atoms with Crippen LogP contribution >= 0.6 is 24.0 Å². The standard InChI is InChI=1S/C25H30N4O3.HI/c1-26-24(27-11-8-18-15-28-21-5-3-2-4-20(18)21)29-16-25(9-12-30-13-10-25)19-6-7-22-23(14-19)32-17-31-22;/h2-7,14-15,28H,8-13,16-17H2,1H3,(H2,26,27,29);1H. The number of aromatic amines is 1. The van der Waals surface area contributed by atoms with Gasteiger partial charge < -0.3 is 29.8 Å². The third-order valence-electron chi connectivity index (χ3n) is 6.61. The van der Waals surface area contributed by atoms with Crippen LogP contribution in [0.5, 0.6) is 11.5 Å². The smallest absolute Gasteiger partial charge is 0.231 e. The number of para-hydroxylation sites is 1. The molecule has 3 N–H and O–H groups in total. The largest absolute Gasteiger partial charge is 0.454 e. The summed E-state index contributed by atoms with van der Waals surface area (Å²) in [5, 5.41) is 8.32. The number of nitrogens with one attached hydrogen (secondary N) is 3. The number of nitrogens with zero attached hydrogens (tertiary/aromatic N) is 1. The van der Waals surface area contributed by atoms with Gasteiger partial charge in [0.05, 0.1) is 0 Å². The normalized spacial score (nSPS) is 16.9. The topological polar surface area (TPSA) is 79.9 Å². The summed E-state index contributed by atoms with van der Waals surface area (Å²) in [5.74, 6) is 2.46. The molecule has 0 unspecified atom stereocenters. The Hall–Kier alpha value is -2.46. The second-order valence-electron chi connectivity index (χ2n) is 8.42. The molecule has 2 aliphatic rings. The third-order valence-corrected chi connectivity index (χ3v) is 6.61.